The summed E-state index contributed by atoms with van der Waals surface area (Å²) < 4.78 is 0. The van der Waals surface area contributed by atoms with Crippen molar-refractivity contribution in [1.82, 2.24) is 4.90 Å². The van der Waals surface area contributed by atoms with Crippen LogP contribution in [0.15, 0.2) is 58.3 Å². The predicted molar refractivity (Wildman–Crippen MR) is 116 cm³/mol. The SMILES string of the molecule is CCC(=O)C1(CCCN(C)C)c2ccccc2Sc2ccccc21.O=C(O)C(=O)O. The minimum Gasteiger partial charge on any atom is -0.473 e. The van der Waals surface area contributed by atoms with Crippen LogP contribution < -0.4 is 0 Å². The van der Waals surface area contributed by atoms with E-state index < -0.39 is 17.4 Å². The number of aliphatic carboxylic acids is 2. The molecule has 6 nitrogen and oxygen atoms in total. The van der Waals surface area contributed by atoms with Gasteiger partial charge in [-0.3, -0.25) is 4.79 Å². The highest BCUT2D eigenvalue weighted by Crippen LogP contribution is 2.52. The molecule has 3 rings (SSSR count). The number of rotatable bonds is 6. The fraction of sp³-hybridized carbons (Fsp3) is 0.348. The molecule has 2 N–H and O–H groups in total. The van der Waals surface area contributed by atoms with E-state index in [1.54, 1.807) is 11.8 Å². The zero-order valence-electron chi connectivity index (χ0n) is 17.4. The number of carbonyl (C=O) groups is 3. The second-order valence-corrected chi connectivity index (χ2v) is 8.38. The van der Waals surface area contributed by atoms with Gasteiger partial charge in [0, 0.05) is 16.2 Å². The number of carboxylic acid groups (broad SMARTS) is 2. The van der Waals surface area contributed by atoms with Crippen LogP contribution in [0, 0.1) is 0 Å². The third kappa shape index (κ3) is 5.09. The van der Waals surface area contributed by atoms with Gasteiger partial charge in [0.15, 0.2) is 0 Å². The lowest BCUT2D eigenvalue weighted by atomic mass is 9.67. The van der Waals surface area contributed by atoms with Gasteiger partial charge in [-0.25, -0.2) is 9.59 Å². The lowest BCUT2D eigenvalue weighted by molar-refractivity contribution is -0.159. The third-order valence-electron chi connectivity index (χ3n) is 5.05. The third-order valence-corrected chi connectivity index (χ3v) is 6.20. The maximum Gasteiger partial charge on any atom is 0.414 e. The molecular weight excluding hydrogens is 402 g/mol. The highest BCUT2D eigenvalue weighted by atomic mass is 32.2. The summed E-state index contributed by atoms with van der Waals surface area (Å²) in [7, 11) is 4.18. The molecule has 30 heavy (non-hydrogen) atoms. The first-order chi connectivity index (χ1) is 14.2. The monoisotopic (exact) mass is 429 g/mol. The van der Waals surface area contributed by atoms with E-state index in [-0.39, 0.29) is 0 Å². The zero-order valence-corrected chi connectivity index (χ0v) is 18.2. The molecule has 1 heterocycles. The first kappa shape index (κ1) is 23.6. The molecule has 0 bridgehead atoms. The van der Waals surface area contributed by atoms with E-state index in [4.69, 9.17) is 19.8 Å². The van der Waals surface area contributed by atoms with Crippen molar-refractivity contribution in [2.75, 3.05) is 20.6 Å². The second kappa shape index (κ2) is 10.4. The van der Waals surface area contributed by atoms with Crippen LogP contribution in [0.25, 0.3) is 0 Å². The summed E-state index contributed by atoms with van der Waals surface area (Å²) in [6.45, 7) is 2.99. The Hall–Kier alpha value is -2.64. The molecule has 0 aliphatic carbocycles. The summed E-state index contributed by atoms with van der Waals surface area (Å²) in [6.07, 6.45) is 2.44. The van der Waals surface area contributed by atoms with Crippen molar-refractivity contribution in [1.29, 1.82) is 0 Å². The molecule has 160 valence electrons. The standard InChI is InChI=1S/C21H25NOS.C2H2O4/c1-4-20(23)21(14-9-15-22(2)3)16-10-5-7-12-18(16)24-19-13-8-6-11-17(19)21;3-1(4)2(5)6/h5-8,10-13H,4,9,14-15H2,1-3H3;(H,3,4)(H,5,6). The number of hydrogen-bond acceptors (Lipinski definition) is 5. The van der Waals surface area contributed by atoms with Crippen LogP contribution in [0.4, 0.5) is 0 Å². The molecule has 0 saturated heterocycles. The van der Waals surface area contributed by atoms with E-state index >= 15 is 0 Å². The molecule has 0 atom stereocenters. The topological polar surface area (TPSA) is 94.9 Å². The van der Waals surface area contributed by atoms with Crippen LogP contribution >= 0.6 is 11.8 Å². The Morgan fingerprint density at radius 3 is 1.77 bits per heavy atom. The van der Waals surface area contributed by atoms with Gasteiger partial charge in [0.2, 0.25) is 0 Å². The van der Waals surface area contributed by atoms with Gasteiger partial charge in [-0.15, -0.1) is 0 Å². The molecule has 0 saturated carbocycles. The first-order valence-electron chi connectivity index (χ1n) is 9.75. The minimum absolute atomic E-state index is 0.335. The Labute approximate surface area is 180 Å². The fourth-order valence-electron chi connectivity index (χ4n) is 3.75. The van der Waals surface area contributed by atoms with Gasteiger partial charge in [-0.2, -0.15) is 0 Å². The van der Waals surface area contributed by atoms with Gasteiger partial charge >= 0.3 is 11.9 Å². The number of fused-ring (bicyclic) bond motifs is 2. The average molecular weight is 430 g/mol. The second-order valence-electron chi connectivity index (χ2n) is 7.29. The lowest BCUT2D eigenvalue weighted by Gasteiger charge is -2.39. The van der Waals surface area contributed by atoms with Crippen LogP contribution in [0.3, 0.4) is 0 Å². The Kier molecular flexibility index (Phi) is 8.20. The van der Waals surface area contributed by atoms with Crippen LogP contribution in [0.2, 0.25) is 0 Å². The Morgan fingerprint density at radius 2 is 1.37 bits per heavy atom. The number of benzene rings is 2. The van der Waals surface area contributed by atoms with Gasteiger partial charge in [-0.1, -0.05) is 55.1 Å². The molecule has 0 aromatic heterocycles. The highest BCUT2D eigenvalue weighted by molar-refractivity contribution is 7.99. The number of hydrogen-bond donors (Lipinski definition) is 2. The largest absolute Gasteiger partial charge is 0.473 e. The summed E-state index contributed by atoms with van der Waals surface area (Å²) >= 11 is 1.79. The van der Waals surface area contributed by atoms with E-state index in [1.807, 2.05) is 6.92 Å². The molecule has 1 aliphatic heterocycles. The quantitative estimate of drug-likeness (QED) is 0.672. The van der Waals surface area contributed by atoms with Crippen molar-refractivity contribution >= 4 is 29.5 Å². The van der Waals surface area contributed by atoms with Gasteiger partial charge in [0.25, 0.3) is 0 Å². The summed E-state index contributed by atoms with van der Waals surface area (Å²) in [4.78, 5) is 36.1. The normalized spacial score (nSPS) is 13.5. The molecule has 0 radical (unpaired) electrons. The molecule has 0 unspecified atom stereocenters. The Bertz CT molecular complexity index is 868. The van der Waals surface area contributed by atoms with Crippen molar-refractivity contribution in [3.8, 4) is 0 Å². The Morgan fingerprint density at radius 1 is 0.900 bits per heavy atom. The summed E-state index contributed by atoms with van der Waals surface area (Å²) in [6, 6.07) is 16.9. The fourth-order valence-corrected chi connectivity index (χ4v) is 4.99. The molecule has 2 aromatic rings. The molecule has 0 fully saturated rings. The van der Waals surface area contributed by atoms with E-state index in [2.05, 4.69) is 67.5 Å². The van der Waals surface area contributed by atoms with Gasteiger partial charge in [0.05, 0.1) is 5.41 Å². The number of Topliss-reactive ketones (excluding diaryl/α,β-unsaturated/α-hetero) is 1. The molecular formula is C23H27NO5S. The van der Waals surface area contributed by atoms with E-state index in [1.165, 1.54) is 20.9 Å². The van der Waals surface area contributed by atoms with Crippen LogP contribution in [-0.2, 0) is 19.8 Å². The number of carboxylic acids is 2. The summed E-state index contributed by atoms with van der Waals surface area (Å²) in [5.41, 5.74) is 1.89. The molecule has 2 aromatic carbocycles. The minimum atomic E-state index is -1.82. The molecule has 0 amide bonds. The van der Waals surface area contributed by atoms with Gasteiger partial charge in [-0.05, 0) is 56.7 Å². The maximum atomic E-state index is 13.3. The summed E-state index contributed by atoms with van der Waals surface area (Å²) in [5, 5.41) is 14.8. The van der Waals surface area contributed by atoms with Crippen molar-refractivity contribution in [2.45, 2.75) is 41.4 Å². The lowest BCUT2D eigenvalue weighted by Crippen LogP contribution is -2.40. The predicted octanol–water partition coefficient (Wildman–Crippen LogP) is 3.91. The maximum absolute atomic E-state index is 13.3. The zero-order chi connectivity index (χ0) is 22.3. The van der Waals surface area contributed by atoms with Crippen LogP contribution in [-0.4, -0.2) is 53.5 Å². The molecule has 0 spiro atoms. The van der Waals surface area contributed by atoms with E-state index in [9.17, 15) is 4.79 Å². The van der Waals surface area contributed by atoms with Crippen molar-refractivity contribution in [3.05, 3.63) is 59.7 Å². The molecule has 7 heteroatoms. The number of ketones is 1. The van der Waals surface area contributed by atoms with Crippen molar-refractivity contribution in [2.24, 2.45) is 0 Å². The van der Waals surface area contributed by atoms with Crippen LogP contribution in [0.5, 0.6) is 0 Å². The number of carbonyl (C=O) groups excluding carboxylic acids is 1. The highest BCUT2D eigenvalue weighted by Gasteiger charge is 2.45. The smallest absolute Gasteiger partial charge is 0.414 e. The van der Waals surface area contributed by atoms with E-state index in [0.29, 0.717) is 12.2 Å². The molecule has 1 aliphatic rings. The first-order valence-corrected chi connectivity index (χ1v) is 10.6. The van der Waals surface area contributed by atoms with Crippen LogP contribution in [0.1, 0.15) is 37.3 Å². The van der Waals surface area contributed by atoms with Gasteiger partial charge < -0.3 is 15.1 Å². The van der Waals surface area contributed by atoms with Crippen molar-refractivity contribution < 1.29 is 24.6 Å². The van der Waals surface area contributed by atoms with Gasteiger partial charge in [0.1, 0.15) is 5.78 Å². The van der Waals surface area contributed by atoms with Crippen molar-refractivity contribution in [3.63, 3.8) is 0 Å². The van der Waals surface area contributed by atoms with E-state index in [0.717, 1.165) is 19.4 Å². The Balaban J connectivity index is 0.000000469. The number of nitrogens with zero attached hydrogens (tertiary/aromatic N) is 1. The summed E-state index contributed by atoms with van der Waals surface area (Å²) in [5.74, 6) is -3.31. The average Bonchev–Trinajstić information content (AvgIpc) is 2.72.